The van der Waals surface area contributed by atoms with Crippen molar-refractivity contribution < 1.29 is 14.3 Å². The SMILES string of the molecule is CCOc1cccc(C(NC(=O)c2ccc(Cl)cc2)NC(=O)c2ccc(Cl)cc2)c1. The number of carbonyl (C=O) groups is 2. The van der Waals surface area contributed by atoms with E-state index in [9.17, 15) is 9.59 Å². The number of amides is 2. The van der Waals surface area contributed by atoms with Crippen LogP contribution in [0.3, 0.4) is 0 Å². The molecule has 0 bridgehead atoms. The molecule has 0 saturated carbocycles. The van der Waals surface area contributed by atoms with Gasteiger partial charge in [0.25, 0.3) is 11.8 Å². The molecule has 3 aromatic carbocycles. The van der Waals surface area contributed by atoms with Crippen molar-refractivity contribution in [2.75, 3.05) is 6.61 Å². The maximum Gasteiger partial charge on any atom is 0.253 e. The van der Waals surface area contributed by atoms with Crippen molar-refractivity contribution in [2.24, 2.45) is 0 Å². The fourth-order valence-electron chi connectivity index (χ4n) is 2.78. The second-order valence-corrected chi connectivity index (χ2v) is 7.27. The number of ether oxygens (including phenoxy) is 1. The van der Waals surface area contributed by atoms with Crippen LogP contribution >= 0.6 is 23.2 Å². The summed E-state index contributed by atoms with van der Waals surface area (Å²) < 4.78 is 5.55. The third-order valence-corrected chi connectivity index (χ3v) is 4.77. The molecule has 3 aromatic rings. The van der Waals surface area contributed by atoms with Crippen LogP contribution < -0.4 is 15.4 Å². The Labute approximate surface area is 185 Å². The summed E-state index contributed by atoms with van der Waals surface area (Å²) in [6.45, 7) is 2.39. The molecule has 30 heavy (non-hydrogen) atoms. The van der Waals surface area contributed by atoms with Crippen molar-refractivity contribution in [1.82, 2.24) is 10.6 Å². The van der Waals surface area contributed by atoms with Crippen LogP contribution in [0.4, 0.5) is 0 Å². The zero-order valence-electron chi connectivity index (χ0n) is 16.2. The first-order valence-corrected chi connectivity index (χ1v) is 10.1. The first kappa shape index (κ1) is 21.7. The molecule has 0 aliphatic heterocycles. The predicted octanol–water partition coefficient (Wildman–Crippen LogP) is 5.25. The maximum atomic E-state index is 12.8. The highest BCUT2D eigenvalue weighted by Gasteiger charge is 2.19. The fraction of sp³-hybridized carbons (Fsp3) is 0.130. The van der Waals surface area contributed by atoms with Crippen LogP contribution in [0.5, 0.6) is 5.75 Å². The standard InChI is InChI=1S/C23H20Cl2N2O3/c1-2-30-20-5-3-4-17(14-20)21(26-22(28)15-6-10-18(24)11-7-15)27-23(29)16-8-12-19(25)13-9-16/h3-14,21H,2H2,1H3,(H,26,28)(H,27,29). The lowest BCUT2D eigenvalue weighted by molar-refractivity contribution is 0.0883. The van der Waals surface area contributed by atoms with Crippen LogP contribution in [0, 0.1) is 0 Å². The molecular formula is C23H20Cl2N2O3. The largest absolute Gasteiger partial charge is 0.494 e. The van der Waals surface area contributed by atoms with Gasteiger partial charge >= 0.3 is 0 Å². The minimum atomic E-state index is -0.781. The average Bonchev–Trinajstić information content (AvgIpc) is 2.74. The highest BCUT2D eigenvalue weighted by Crippen LogP contribution is 2.20. The lowest BCUT2D eigenvalue weighted by Crippen LogP contribution is -2.41. The van der Waals surface area contributed by atoms with Gasteiger partial charge in [-0.15, -0.1) is 0 Å². The lowest BCUT2D eigenvalue weighted by atomic mass is 10.1. The normalized spacial score (nSPS) is 10.5. The van der Waals surface area contributed by atoms with Gasteiger partial charge in [0.05, 0.1) is 6.61 Å². The van der Waals surface area contributed by atoms with Gasteiger partial charge in [-0.05, 0) is 73.2 Å². The molecule has 0 unspecified atom stereocenters. The summed E-state index contributed by atoms with van der Waals surface area (Å²) in [7, 11) is 0. The summed E-state index contributed by atoms with van der Waals surface area (Å²) in [5, 5.41) is 6.77. The summed E-state index contributed by atoms with van der Waals surface area (Å²) in [6, 6.07) is 20.2. The van der Waals surface area contributed by atoms with Gasteiger partial charge < -0.3 is 15.4 Å². The first-order valence-electron chi connectivity index (χ1n) is 9.32. The molecule has 0 heterocycles. The summed E-state index contributed by atoms with van der Waals surface area (Å²) in [5.41, 5.74) is 1.52. The van der Waals surface area contributed by atoms with E-state index < -0.39 is 6.17 Å². The third-order valence-electron chi connectivity index (χ3n) is 4.27. The molecule has 0 spiro atoms. The van der Waals surface area contributed by atoms with Gasteiger partial charge in [0.2, 0.25) is 0 Å². The second-order valence-electron chi connectivity index (χ2n) is 6.40. The Balaban J connectivity index is 1.86. The Morgan fingerprint density at radius 2 is 1.33 bits per heavy atom. The molecule has 5 nitrogen and oxygen atoms in total. The van der Waals surface area contributed by atoms with E-state index in [1.807, 2.05) is 13.0 Å². The van der Waals surface area contributed by atoms with Crippen LogP contribution in [-0.2, 0) is 0 Å². The monoisotopic (exact) mass is 442 g/mol. The van der Waals surface area contributed by atoms with E-state index in [1.165, 1.54) is 0 Å². The number of benzene rings is 3. The molecule has 0 atom stereocenters. The van der Waals surface area contributed by atoms with E-state index in [1.54, 1.807) is 66.7 Å². The molecule has 3 rings (SSSR count). The highest BCUT2D eigenvalue weighted by atomic mass is 35.5. The van der Waals surface area contributed by atoms with Crippen LogP contribution in [0.2, 0.25) is 10.0 Å². The molecule has 154 valence electrons. The predicted molar refractivity (Wildman–Crippen MR) is 118 cm³/mol. The Morgan fingerprint density at radius 1 is 0.833 bits per heavy atom. The maximum absolute atomic E-state index is 12.8. The summed E-state index contributed by atoms with van der Waals surface area (Å²) in [6.07, 6.45) is -0.781. The highest BCUT2D eigenvalue weighted by molar-refractivity contribution is 6.31. The number of rotatable bonds is 7. The molecule has 0 fully saturated rings. The van der Waals surface area contributed by atoms with Crippen LogP contribution in [0.15, 0.2) is 72.8 Å². The lowest BCUT2D eigenvalue weighted by Gasteiger charge is -2.21. The molecule has 7 heteroatoms. The van der Waals surface area contributed by atoms with Crippen molar-refractivity contribution in [3.05, 3.63) is 99.5 Å². The Kier molecular flexibility index (Phi) is 7.33. The van der Waals surface area contributed by atoms with Gasteiger partial charge in [0.15, 0.2) is 0 Å². The minimum absolute atomic E-state index is 0.352. The van der Waals surface area contributed by atoms with Gasteiger partial charge in [-0.1, -0.05) is 35.3 Å². The molecule has 2 N–H and O–H groups in total. The Morgan fingerprint density at radius 3 is 1.80 bits per heavy atom. The zero-order chi connectivity index (χ0) is 21.5. The van der Waals surface area contributed by atoms with E-state index in [0.29, 0.717) is 39.1 Å². The third kappa shape index (κ3) is 5.75. The van der Waals surface area contributed by atoms with Crippen molar-refractivity contribution in [2.45, 2.75) is 13.1 Å². The number of carbonyl (C=O) groups excluding carboxylic acids is 2. The molecule has 0 aliphatic carbocycles. The van der Waals surface area contributed by atoms with Crippen molar-refractivity contribution >= 4 is 35.0 Å². The molecular weight excluding hydrogens is 423 g/mol. The number of hydrogen-bond donors (Lipinski definition) is 2. The molecule has 0 aliphatic rings. The molecule has 0 saturated heterocycles. The van der Waals surface area contributed by atoms with Gasteiger partial charge in [-0.2, -0.15) is 0 Å². The molecule has 0 radical (unpaired) electrons. The summed E-state index contributed by atoms with van der Waals surface area (Å²) in [5.74, 6) is -0.0637. The van der Waals surface area contributed by atoms with E-state index >= 15 is 0 Å². The number of halogens is 2. The van der Waals surface area contributed by atoms with Crippen molar-refractivity contribution in [3.63, 3.8) is 0 Å². The van der Waals surface area contributed by atoms with Gasteiger partial charge in [-0.25, -0.2) is 0 Å². The number of nitrogens with one attached hydrogen (secondary N) is 2. The van der Waals surface area contributed by atoms with Crippen molar-refractivity contribution in [1.29, 1.82) is 0 Å². The Bertz CT molecular complexity index is 962. The number of hydrogen-bond acceptors (Lipinski definition) is 3. The molecule has 2 amide bonds. The first-order chi connectivity index (χ1) is 14.5. The van der Waals surface area contributed by atoms with E-state index in [-0.39, 0.29) is 11.8 Å². The summed E-state index contributed by atoms with van der Waals surface area (Å²) in [4.78, 5) is 25.5. The fourth-order valence-corrected chi connectivity index (χ4v) is 3.04. The topological polar surface area (TPSA) is 67.4 Å². The smallest absolute Gasteiger partial charge is 0.253 e. The van der Waals surface area contributed by atoms with Crippen LogP contribution in [0.1, 0.15) is 39.4 Å². The van der Waals surface area contributed by atoms with Crippen molar-refractivity contribution in [3.8, 4) is 5.75 Å². The van der Waals surface area contributed by atoms with E-state index in [4.69, 9.17) is 27.9 Å². The van der Waals surface area contributed by atoms with Gasteiger partial charge in [-0.3, -0.25) is 9.59 Å². The van der Waals surface area contributed by atoms with E-state index in [0.717, 1.165) is 0 Å². The minimum Gasteiger partial charge on any atom is -0.494 e. The zero-order valence-corrected chi connectivity index (χ0v) is 17.7. The molecule has 0 aromatic heterocycles. The second kappa shape index (κ2) is 10.1. The van der Waals surface area contributed by atoms with Gasteiger partial charge in [0, 0.05) is 21.2 Å². The quantitative estimate of drug-likeness (QED) is 0.490. The Hall–Kier alpha value is -3.02. The summed E-state index contributed by atoms with van der Waals surface area (Å²) >= 11 is 11.8. The van der Waals surface area contributed by atoms with Crippen LogP contribution in [0.25, 0.3) is 0 Å². The van der Waals surface area contributed by atoms with Gasteiger partial charge in [0.1, 0.15) is 11.9 Å². The van der Waals surface area contributed by atoms with E-state index in [2.05, 4.69) is 10.6 Å². The average molecular weight is 443 g/mol. The van der Waals surface area contributed by atoms with Crippen LogP contribution in [-0.4, -0.2) is 18.4 Å².